The van der Waals surface area contributed by atoms with Gasteiger partial charge in [0.05, 0.1) is 13.2 Å². The summed E-state index contributed by atoms with van der Waals surface area (Å²) in [6, 6.07) is 7.74. The van der Waals surface area contributed by atoms with Gasteiger partial charge in [0, 0.05) is 12.2 Å². The summed E-state index contributed by atoms with van der Waals surface area (Å²) in [4.78, 5) is 13.9. The van der Waals surface area contributed by atoms with Crippen molar-refractivity contribution in [3.63, 3.8) is 0 Å². The molecule has 1 aromatic carbocycles. The minimum Gasteiger partial charge on any atom is -0.395 e. The van der Waals surface area contributed by atoms with Gasteiger partial charge in [-0.25, -0.2) is 0 Å². The lowest BCUT2D eigenvalue weighted by molar-refractivity contribution is -0.117. The van der Waals surface area contributed by atoms with Gasteiger partial charge in [0.2, 0.25) is 5.91 Å². The van der Waals surface area contributed by atoms with Crippen LogP contribution in [0.15, 0.2) is 24.3 Å². The Morgan fingerprint density at radius 2 is 1.95 bits per heavy atom. The second kappa shape index (κ2) is 8.67. The Bertz CT molecular complexity index is 376. The number of aliphatic hydroxyl groups excluding tert-OH is 1. The topological polar surface area (TPSA) is 52.6 Å². The molecule has 0 bridgehead atoms. The maximum absolute atomic E-state index is 11.9. The van der Waals surface area contributed by atoms with E-state index in [1.54, 1.807) is 0 Å². The molecule has 2 N–H and O–H groups in total. The first kappa shape index (κ1) is 15.7. The van der Waals surface area contributed by atoms with Crippen LogP contribution in [-0.4, -0.2) is 42.2 Å². The van der Waals surface area contributed by atoms with E-state index in [0.717, 1.165) is 25.1 Å². The fourth-order valence-electron chi connectivity index (χ4n) is 1.83. The number of benzene rings is 1. The lowest BCUT2D eigenvalue weighted by atomic mass is 10.2. The molecule has 106 valence electrons. The second-order valence-corrected chi connectivity index (χ2v) is 4.77. The van der Waals surface area contributed by atoms with E-state index in [9.17, 15) is 4.79 Å². The first-order chi connectivity index (χ1) is 9.15. The summed E-state index contributed by atoms with van der Waals surface area (Å²) >= 11 is 0. The van der Waals surface area contributed by atoms with Crippen LogP contribution in [0, 0.1) is 6.92 Å². The van der Waals surface area contributed by atoms with Crippen molar-refractivity contribution in [3.05, 3.63) is 29.8 Å². The van der Waals surface area contributed by atoms with Gasteiger partial charge in [0.25, 0.3) is 0 Å². The summed E-state index contributed by atoms with van der Waals surface area (Å²) in [5.74, 6) is -0.0339. The van der Waals surface area contributed by atoms with Gasteiger partial charge < -0.3 is 10.4 Å². The summed E-state index contributed by atoms with van der Waals surface area (Å²) in [5, 5.41) is 11.9. The molecule has 1 amide bonds. The number of hydrogen-bond acceptors (Lipinski definition) is 3. The number of nitrogens with zero attached hydrogens (tertiary/aromatic N) is 1. The molecule has 1 rings (SSSR count). The van der Waals surface area contributed by atoms with Crippen LogP contribution in [0.1, 0.15) is 25.3 Å². The zero-order valence-corrected chi connectivity index (χ0v) is 11.9. The van der Waals surface area contributed by atoms with E-state index < -0.39 is 0 Å². The fraction of sp³-hybridized carbons (Fsp3) is 0.533. The molecular weight excluding hydrogens is 240 g/mol. The van der Waals surface area contributed by atoms with Crippen molar-refractivity contribution >= 4 is 11.6 Å². The third-order valence-electron chi connectivity index (χ3n) is 2.95. The predicted molar refractivity (Wildman–Crippen MR) is 78.2 cm³/mol. The largest absolute Gasteiger partial charge is 0.395 e. The molecule has 0 saturated carbocycles. The van der Waals surface area contributed by atoms with Crippen LogP contribution in [0.3, 0.4) is 0 Å². The Morgan fingerprint density at radius 1 is 1.26 bits per heavy atom. The number of nitrogens with one attached hydrogen (secondary N) is 1. The number of unbranched alkanes of at least 4 members (excludes halogenated alkanes) is 1. The van der Waals surface area contributed by atoms with E-state index in [1.165, 1.54) is 5.56 Å². The minimum atomic E-state index is -0.0339. The quantitative estimate of drug-likeness (QED) is 0.755. The summed E-state index contributed by atoms with van der Waals surface area (Å²) in [5.41, 5.74) is 1.98. The monoisotopic (exact) mass is 264 g/mol. The smallest absolute Gasteiger partial charge is 0.238 e. The Hall–Kier alpha value is -1.39. The van der Waals surface area contributed by atoms with Crippen LogP contribution in [0.2, 0.25) is 0 Å². The highest BCUT2D eigenvalue weighted by Crippen LogP contribution is 2.08. The second-order valence-electron chi connectivity index (χ2n) is 4.77. The van der Waals surface area contributed by atoms with Gasteiger partial charge in [-0.3, -0.25) is 9.69 Å². The first-order valence-corrected chi connectivity index (χ1v) is 6.85. The molecule has 0 radical (unpaired) electrons. The van der Waals surface area contributed by atoms with Crippen molar-refractivity contribution in [2.45, 2.75) is 26.7 Å². The highest BCUT2D eigenvalue weighted by atomic mass is 16.3. The Kier molecular flexibility index (Phi) is 7.15. The van der Waals surface area contributed by atoms with Gasteiger partial charge in [0.15, 0.2) is 0 Å². The number of carbonyl (C=O) groups is 1. The van der Waals surface area contributed by atoms with Gasteiger partial charge in [-0.1, -0.05) is 31.0 Å². The van der Waals surface area contributed by atoms with Gasteiger partial charge in [-0.05, 0) is 32.0 Å². The average molecular weight is 264 g/mol. The maximum Gasteiger partial charge on any atom is 0.238 e. The van der Waals surface area contributed by atoms with Gasteiger partial charge in [-0.15, -0.1) is 0 Å². The van der Waals surface area contributed by atoms with E-state index in [1.807, 2.05) is 36.1 Å². The van der Waals surface area contributed by atoms with E-state index in [4.69, 9.17) is 5.11 Å². The highest BCUT2D eigenvalue weighted by molar-refractivity contribution is 5.92. The van der Waals surface area contributed by atoms with Crippen LogP contribution >= 0.6 is 0 Å². The molecule has 0 unspecified atom stereocenters. The standard InChI is InChI=1S/C15H24N2O2/c1-3-4-9-17(10-11-18)12-15(19)16-14-7-5-13(2)6-8-14/h5-8,18H,3-4,9-12H2,1-2H3,(H,16,19). The Labute approximate surface area is 115 Å². The van der Waals surface area contributed by atoms with Gasteiger partial charge in [0.1, 0.15) is 0 Å². The summed E-state index contributed by atoms with van der Waals surface area (Å²) in [6.07, 6.45) is 2.12. The van der Waals surface area contributed by atoms with E-state index >= 15 is 0 Å². The van der Waals surface area contributed by atoms with Crippen molar-refractivity contribution in [2.75, 3.05) is 31.6 Å². The molecule has 0 heterocycles. The molecule has 0 saturated heterocycles. The van der Waals surface area contributed by atoms with Crippen molar-refractivity contribution in [2.24, 2.45) is 0 Å². The molecule has 4 heteroatoms. The van der Waals surface area contributed by atoms with Crippen LogP contribution < -0.4 is 5.32 Å². The maximum atomic E-state index is 11.9. The van der Waals surface area contributed by atoms with Crippen LogP contribution in [0.25, 0.3) is 0 Å². The normalized spacial score (nSPS) is 10.7. The summed E-state index contributed by atoms with van der Waals surface area (Å²) < 4.78 is 0. The third kappa shape index (κ3) is 6.36. The molecular formula is C15H24N2O2. The average Bonchev–Trinajstić information content (AvgIpc) is 2.39. The number of hydrogen-bond donors (Lipinski definition) is 2. The van der Waals surface area contributed by atoms with E-state index in [-0.39, 0.29) is 12.5 Å². The van der Waals surface area contributed by atoms with E-state index in [2.05, 4.69) is 12.2 Å². The van der Waals surface area contributed by atoms with Crippen molar-refractivity contribution < 1.29 is 9.90 Å². The van der Waals surface area contributed by atoms with Crippen molar-refractivity contribution in [3.8, 4) is 0 Å². The Balaban J connectivity index is 2.45. The molecule has 0 aromatic heterocycles. The fourth-order valence-corrected chi connectivity index (χ4v) is 1.83. The number of carbonyl (C=O) groups excluding carboxylic acids is 1. The number of anilines is 1. The molecule has 0 aliphatic carbocycles. The lowest BCUT2D eigenvalue weighted by Gasteiger charge is -2.20. The lowest BCUT2D eigenvalue weighted by Crippen LogP contribution is -2.35. The van der Waals surface area contributed by atoms with Gasteiger partial charge in [-0.2, -0.15) is 0 Å². The minimum absolute atomic E-state index is 0.0339. The summed E-state index contributed by atoms with van der Waals surface area (Å²) in [6.45, 7) is 5.93. The number of amides is 1. The first-order valence-electron chi connectivity index (χ1n) is 6.85. The highest BCUT2D eigenvalue weighted by Gasteiger charge is 2.09. The number of aliphatic hydroxyl groups is 1. The van der Waals surface area contributed by atoms with Crippen LogP contribution in [0.5, 0.6) is 0 Å². The van der Waals surface area contributed by atoms with Crippen LogP contribution in [-0.2, 0) is 4.79 Å². The van der Waals surface area contributed by atoms with Crippen molar-refractivity contribution in [1.29, 1.82) is 0 Å². The molecule has 4 nitrogen and oxygen atoms in total. The molecule has 1 aromatic rings. The molecule has 0 atom stereocenters. The summed E-state index contributed by atoms with van der Waals surface area (Å²) in [7, 11) is 0. The number of rotatable bonds is 8. The molecule has 0 aliphatic rings. The van der Waals surface area contributed by atoms with Crippen LogP contribution in [0.4, 0.5) is 5.69 Å². The molecule has 0 fully saturated rings. The zero-order valence-electron chi connectivity index (χ0n) is 11.9. The van der Waals surface area contributed by atoms with Crippen molar-refractivity contribution in [1.82, 2.24) is 4.90 Å². The third-order valence-corrected chi connectivity index (χ3v) is 2.95. The molecule has 19 heavy (non-hydrogen) atoms. The number of aryl methyl sites for hydroxylation is 1. The zero-order chi connectivity index (χ0) is 14.1. The molecule has 0 spiro atoms. The predicted octanol–water partition coefficient (Wildman–Crippen LogP) is 2.03. The molecule has 0 aliphatic heterocycles. The van der Waals surface area contributed by atoms with E-state index in [0.29, 0.717) is 13.1 Å². The SMILES string of the molecule is CCCCN(CCO)CC(=O)Nc1ccc(C)cc1. The Morgan fingerprint density at radius 3 is 2.53 bits per heavy atom. The van der Waals surface area contributed by atoms with Gasteiger partial charge >= 0.3 is 0 Å².